The molecule has 1 N–H and O–H groups in total. The van der Waals surface area contributed by atoms with Gasteiger partial charge in [0.25, 0.3) is 0 Å². The highest BCUT2D eigenvalue weighted by molar-refractivity contribution is 5.34. The first-order chi connectivity index (χ1) is 13.3. The average molecular weight is 356 g/mol. The molecule has 3 rings (SSSR count). The van der Waals surface area contributed by atoms with E-state index in [0.717, 1.165) is 18.7 Å². The van der Waals surface area contributed by atoms with Gasteiger partial charge in [-0.25, -0.2) is 0 Å². The Balaban J connectivity index is 1.96. The number of aliphatic hydroxyl groups excluding tert-OH is 1. The van der Waals surface area contributed by atoms with Crippen molar-refractivity contribution in [3.63, 3.8) is 0 Å². The number of hydrogen-bond donors (Lipinski definition) is 1. The monoisotopic (exact) mass is 356 g/mol. The summed E-state index contributed by atoms with van der Waals surface area (Å²) in [5.41, 5.74) is 4.29. The standard InChI is InChI=1S/C24H24N2O/c25-18-20-12-14-21(15-13-20)19-26(16-7-17-27)24(22-8-3-1-4-9-22)23-10-5-2-6-11-23/h1-6,8-15,24,27H,7,16-17,19H2. The summed E-state index contributed by atoms with van der Waals surface area (Å²) in [7, 11) is 0. The average Bonchev–Trinajstić information content (AvgIpc) is 2.74. The minimum atomic E-state index is 0.106. The van der Waals surface area contributed by atoms with Crippen LogP contribution in [0.15, 0.2) is 84.9 Å². The number of aliphatic hydroxyl groups is 1. The first-order valence-corrected chi connectivity index (χ1v) is 9.25. The van der Waals surface area contributed by atoms with Crippen molar-refractivity contribution in [2.24, 2.45) is 0 Å². The Bertz CT molecular complexity index is 815. The molecule has 0 unspecified atom stereocenters. The second-order valence-electron chi connectivity index (χ2n) is 6.58. The predicted octanol–water partition coefficient (Wildman–Crippen LogP) is 4.53. The van der Waals surface area contributed by atoms with Crippen LogP contribution in [0.1, 0.15) is 34.7 Å². The van der Waals surface area contributed by atoms with Crippen LogP contribution >= 0.6 is 0 Å². The van der Waals surface area contributed by atoms with Gasteiger partial charge in [-0.3, -0.25) is 4.90 Å². The van der Waals surface area contributed by atoms with Crippen LogP contribution in [0.2, 0.25) is 0 Å². The van der Waals surface area contributed by atoms with Gasteiger partial charge in [-0.2, -0.15) is 5.26 Å². The van der Waals surface area contributed by atoms with Gasteiger partial charge in [0.05, 0.1) is 17.7 Å². The SMILES string of the molecule is N#Cc1ccc(CN(CCCO)C(c2ccccc2)c2ccccc2)cc1. The minimum absolute atomic E-state index is 0.106. The van der Waals surface area contributed by atoms with Crippen molar-refractivity contribution in [3.05, 3.63) is 107 Å². The van der Waals surface area contributed by atoms with E-state index in [-0.39, 0.29) is 12.6 Å². The van der Waals surface area contributed by atoms with Gasteiger partial charge in [-0.1, -0.05) is 72.8 Å². The molecule has 0 heterocycles. The van der Waals surface area contributed by atoms with Crippen LogP contribution in [0, 0.1) is 11.3 Å². The Morgan fingerprint density at radius 2 is 1.37 bits per heavy atom. The van der Waals surface area contributed by atoms with Gasteiger partial charge in [-0.15, -0.1) is 0 Å². The topological polar surface area (TPSA) is 47.3 Å². The molecule has 136 valence electrons. The maximum absolute atomic E-state index is 9.41. The van der Waals surface area contributed by atoms with Crippen molar-refractivity contribution < 1.29 is 5.11 Å². The molecule has 0 bridgehead atoms. The number of benzene rings is 3. The highest BCUT2D eigenvalue weighted by Crippen LogP contribution is 2.30. The van der Waals surface area contributed by atoms with Crippen molar-refractivity contribution in [1.82, 2.24) is 4.90 Å². The molecule has 0 spiro atoms. The molecule has 0 aromatic heterocycles. The van der Waals surface area contributed by atoms with E-state index in [0.29, 0.717) is 12.0 Å². The molecule has 0 amide bonds. The smallest absolute Gasteiger partial charge is 0.0991 e. The Kier molecular flexibility index (Phi) is 6.76. The van der Waals surface area contributed by atoms with Gasteiger partial charge in [-0.05, 0) is 35.2 Å². The van der Waals surface area contributed by atoms with Crippen LogP contribution in [0.5, 0.6) is 0 Å². The second kappa shape index (κ2) is 9.68. The van der Waals surface area contributed by atoms with Crippen molar-refractivity contribution in [2.75, 3.05) is 13.2 Å². The lowest BCUT2D eigenvalue weighted by molar-refractivity contribution is 0.187. The zero-order valence-corrected chi connectivity index (χ0v) is 15.3. The third-order valence-corrected chi connectivity index (χ3v) is 4.67. The van der Waals surface area contributed by atoms with E-state index < -0.39 is 0 Å². The van der Waals surface area contributed by atoms with E-state index in [1.165, 1.54) is 11.1 Å². The van der Waals surface area contributed by atoms with E-state index in [4.69, 9.17) is 5.26 Å². The lowest BCUT2D eigenvalue weighted by Crippen LogP contribution is -2.30. The molecule has 3 heteroatoms. The van der Waals surface area contributed by atoms with Gasteiger partial charge < -0.3 is 5.11 Å². The molecule has 3 aromatic carbocycles. The molecule has 3 aromatic rings. The summed E-state index contributed by atoms with van der Waals surface area (Å²) in [6.07, 6.45) is 0.715. The molecule has 27 heavy (non-hydrogen) atoms. The minimum Gasteiger partial charge on any atom is -0.396 e. The number of nitriles is 1. The fraction of sp³-hybridized carbons (Fsp3) is 0.208. The molecule has 0 aliphatic rings. The summed E-state index contributed by atoms with van der Waals surface area (Å²) in [6, 6.07) is 31.0. The summed E-state index contributed by atoms with van der Waals surface area (Å²) in [6.45, 7) is 1.70. The lowest BCUT2D eigenvalue weighted by Gasteiger charge is -2.32. The molecule has 0 aliphatic heterocycles. The molecule has 3 nitrogen and oxygen atoms in total. The van der Waals surface area contributed by atoms with Gasteiger partial charge in [0.1, 0.15) is 0 Å². The van der Waals surface area contributed by atoms with Gasteiger partial charge in [0.15, 0.2) is 0 Å². The predicted molar refractivity (Wildman–Crippen MR) is 108 cm³/mol. The third-order valence-electron chi connectivity index (χ3n) is 4.67. The molecule has 0 radical (unpaired) electrons. The molecule has 0 fully saturated rings. The molecular formula is C24H24N2O. The van der Waals surface area contributed by atoms with Crippen molar-refractivity contribution in [2.45, 2.75) is 19.0 Å². The summed E-state index contributed by atoms with van der Waals surface area (Å²) >= 11 is 0. The van der Waals surface area contributed by atoms with Gasteiger partial charge in [0, 0.05) is 19.7 Å². The summed E-state index contributed by atoms with van der Waals surface area (Å²) in [4.78, 5) is 2.39. The maximum atomic E-state index is 9.41. The molecule has 0 atom stereocenters. The first kappa shape index (κ1) is 18.8. The maximum Gasteiger partial charge on any atom is 0.0991 e. The largest absolute Gasteiger partial charge is 0.396 e. The molecule has 0 saturated heterocycles. The Labute approximate surface area is 161 Å². The number of nitrogens with zero attached hydrogens (tertiary/aromatic N) is 2. The van der Waals surface area contributed by atoms with Crippen LogP contribution < -0.4 is 0 Å². The Morgan fingerprint density at radius 1 is 0.815 bits per heavy atom. The van der Waals surface area contributed by atoms with E-state index in [1.807, 2.05) is 36.4 Å². The highest BCUT2D eigenvalue weighted by Gasteiger charge is 2.22. The van der Waals surface area contributed by atoms with Crippen molar-refractivity contribution in [1.29, 1.82) is 5.26 Å². The van der Waals surface area contributed by atoms with Crippen molar-refractivity contribution >= 4 is 0 Å². The molecule has 0 aliphatic carbocycles. The van der Waals surface area contributed by atoms with Crippen LogP contribution in [-0.2, 0) is 6.54 Å². The van der Waals surface area contributed by atoms with Crippen LogP contribution in [0.3, 0.4) is 0 Å². The fourth-order valence-electron chi connectivity index (χ4n) is 3.38. The second-order valence-corrected chi connectivity index (χ2v) is 6.58. The summed E-state index contributed by atoms with van der Waals surface area (Å²) < 4.78 is 0. The molecule has 0 saturated carbocycles. The van der Waals surface area contributed by atoms with Gasteiger partial charge >= 0.3 is 0 Å². The molecular weight excluding hydrogens is 332 g/mol. The lowest BCUT2D eigenvalue weighted by atomic mass is 9.96. The van der Waals surface area contributed by atoms with E-state index in [9.17, 15) is 5.11 Å². The normalized spacial score (nSPS) is 10.9. The van der Waals surface area contributed by atoms with Crippen LogP contribution in [0.4, 0.5) is 0 Å². The summed E-state index contributed by atoms with van der Waals surface area (Å²) in [5.74, 6) is 0. The van der Waals surface area contributed by atoms with Crippen LogP contribution in [0.25, 0.3) is 0 Å². The number of rotatable bonds is 8. The zero-order chi connectivity index (χ0) is 18.9. The Hall–Kier alpha value is -2.93. The van der Waals surface area contributed by atoms with E-state index in [1.54, 1.807) is 0 Å². The Morgan fingerprint density at radius 3 is 1.85 bits per heavy atom. The fourth-order valence-corrected chi connectivity index (χ4v) is 3.38. The highest BCUT2D eigenvalue weighted by atomic mass is 16.3. The van der Waals surface area contributed by atoms with Crippen molar-refractivity contribution in [3.8, 4) is 6.07 Å². The van der Waals surface area contributed by atoms with Gasteiger partial charge in [0.2, 0.25) is 0 Å². The zero-order valence-electron chi connectivity index (χ0n) is 15.3. The van der Waals surface area contributed by atoms with E-state index >= 15 is 0 Å². The van der Waals surface area contributed by atoms with E-state index in [2.05, 4.69) is 59.5 Å². The number of hydrogen-bond acceptors (Lipinski definition) is 3. The summed E-state index contributed by atoms with van der Waals surface area (Å²) in [5, 5.41) is 18.4. The van der Waals surface area contributed by atoms with Crippen LogP contribution in [-0.4, -0.2) is 23.2 Å². The first-order valence-electron chi connectivity index (χ1n) is 9.25. The quantitative estimate of drug-likeness (QED) is 0.645. The third kappa shape index (κ3) is 5.04.